The first-order valence-corrected chi connectivity index (χ1v) is 4.87. The average Bonchev–Trinajstić information content (AvgIpc) is 2.20. The molecule has 0 aromatic carbocycles. The number of piperidine rings is 1. The summed E-state index contributed by atoms with van der Waals surface area (Å²) >= 11 is 0. The fraction of sp³-hybridized carbons (Fsp3) is 0.600. The van der Waals surface area contributed by atoms with Crippen molar-refractivity contribution >= 4 is 5.82 Å². The van der Waals surface area contributed by atoms with Crippen LogP contribution in [-0.2, 0) is 0 Å². The Bertz CT molecular complexity index is 252. The first-order chi connectivity index (χ1) is 6.36. The molecular weight excluding hydrogens is 162 g/mol. The molecule has 0 bridgehead atoms. The van der Waals surface area contributed by atoms with Gasteiger partial charge in [0.1, 0.15) is 5.82 Å². The third-order valence-corrected chi connectivity index (χ3v) is 2.66. The molecule has 0 N–H and O–H groups in total. The van der Waals surface area contributed by atoms with Crippen molar-refractivity contribution in [1.29, 1.82) is 0 Å². The highest BCUT2D eigenvalue weighted by Gasteiger charge is 2.16. The second-order valence-corrected chi connectivity index (χ2v) is 3.73. The molecule has 0 aliphatic carbocycles. The Balaban J connectivity index is 2.03. The van der Waals surface area contributed by atoms with Gasteiger partial charge in [0.05, 0.1) is 6.20 Å². The smallest absolute Gasteiger partial charge is 0.147 e. The van der Waals surface area contributed by atoms with Gasteiger partial charge in [-0.05, 0) is 18.8 Å². The van der Waals surface area contributed by atoms with Crippen molar-refractivity contribution in [2.24, 2.45) is 5.92 Å². The van der Waals surface area contributed by atoms with Crippen molar-refractivity contribution in [1.82, 2.24) is 9.97 Å². The van der Waals surface area contributed by atoms with Crippen LogP contribution in [0.5, 0.6) is 0 Å². The Morgan fingerprint density at radius 2 is 2.08 bits per heavy atom. The Hall–Kier alpha value is -1.12. The van der Waals surface area contributed by atoms with E-state index in [2.05, 4.69) is 21.8 Å². The van der Waals surface area contributed by atoms with Crippen LogP contribution in [0.15, 0.2) is 18.6 Å². The fourth-order valence-electron chi connectivity index (χ4n) is 1.69. The number of aromatic nitrogens is 2. The summed E-state index contributed by atoms with van der Waals surface area (Å²) in [5, 5.41) is 0. The van der Waals surface area contributed by atoms with Crippen LogP contribution in [0, 0.1) is 5.92 Å². The molecule has 2 rings (SSSR count). The molecule has 1 saturated heterocycles. The van der Waals surface area contributed by atoms with Gasteiger partial charge in [0.15, 0.2) is 0 Å². The second kappa shape index (κ2) is 3.73. The summed E-state index contributed by atoms with van der Waals surface area (Å²) in [5.74, 6) is 1.89. The van der Waals surface area contributed by atoms with Gasteiger partial charge < -0.3 is 4.90 Å². The van der Waals surface area contributed by atoms with Gasteiger partial charge in [0, 0.05) is 25.5 Å². The van der Waals surface area contributed by atoms with Crippen LogP contribution >= 0.6 is 0 Å². The van der Waals surface area contributed by atoms with Gasteiger partial charge in [-0.25, -0.2) is 4.98 Å². The Morgan fingerprint density at radius 3 is 2.69 bits per heavy atom. The zero-order valence-corrected chi connectivity index (χ0v) is 7.98. The molecule has 1 fully saturated rings. The molecule has 1 aliphatic rings. The lowest BCUT2D eigenvalue weighted by Gasteiger charge is -2.30. The zero-order chi connectivity index (χ0) is 9.10. The zero-order valence-electron chi connectivity index (χ0n) is 7.98. The van der Waals surface area contributed by atoms with Crippen molar-refractivity contribution in [3.63, 3.8) is 0 Å². The molecule has 0 amide bonds. The SMILES string of the molecule is CC1CCN(c2cnccn2)CC1. The van der Waals surface area contributed by atoms with E-state index in [0.29, 0.717) is 0 Å². The summed E-state index contributed by atoms with van der Waals surface area (Å²) in [6, 6.07) is 0. The average molecular weight is 177 g/mol. The Labute approximate surface area is 78.8 Å². The summed E-state index contributed by atoms with van der Waals surface area (Å²) in [5.41, 5.74) is 0. The lowest BCUT2D eigenvalue weighted by atomic mass is 9.99. The molecule has 1 aliphatic heterocycles. The van der Waals surface area contributed by atoms with Crippen molar-refractivity contribution in [3.8, 4) is 0 Å². The highest BCUT2D eigenvalue weighted by Crippen LogP contribution is 2.19. The van der Waals surface area contributed by atoms with Crippen molar-refractivity contribution in [2.45, 2.75) is 19.8 Å². The minimum absolute atomic E-state index is 0.868. The number of nitrogens with zero attached hydrogens (tertiary/aromatic N) is 3. The van der Waals surface area contributed by atoms with Crippen LogP contribution in [0.3, 0.4) is 0 Å². The maximum atomic E-state index is 4.29. The first kappa shape index (κ1) is 8.48. The minimum Gasteiger partial charge on any atom is -0.355 e. The van der Waals surface area contributed by atoms with E-state index < -0.39 is 0 Å². The predicted octanol–water partition coefficient (Wildman–Crippen LogP) is 1.71. The summed E-state index contributed by atoms with van der Waals surface area (Å²) in [6.45, 7) is 4.56. The summed E-state index contributed by atoms with van der Waals surface area (Å²) in [6.07, 6.45) is 7.87. The van der Waals surface area contributed by atoms with Crippen molar-refractivity contribution in [3.05, 3.63) is 18.6 Å². The van der Waals surface area contributed by atoms with Gasteiger partial charge in [-0.2, -0.15) is 0 Å². The van der Waals surface area contributed by atoms with Gasteiger partial charge in [-0.3, -0.25) is 4.98 Å². The van der Waals surface area contributed by atoms with Crippen molar-refractivity contribution in [2.75, 3.05) is 18.0 Å². The number of hydrogen-bond donors (Lipinski definition) is 0. The van der Waals surface area contributed by atoms with E-state index in [9.17, 15) is 0 Å². The fourth-order valence-corrected chi connectivity index (χ4v) is 1.69. The molecule has 3 heteroatoms. The molecule has 0 radical (unpaired) electrons. The van der Waals surface area contributed by atoms with Crippen LogP contribution in [0.4, 0.5) is 5.82 Å². The van der Waals surface area contributed by atoms with Gasteiger partial charge in [-0.1, -0.05) is 6.92 Å². The molecular formula is C10H15N3. The van der Waals surface area contributed by atoms with Gasteiger partial charge in [0.2, 0.25) is 0 Å². The topological polar surface area (TPSA) is 29.0 Å². The number of rotatable bonds is 1. The lowest BCUT2D eigenvalue weighted by Crippen LogP contribution is -2.33. The summed E-state index contributed by atoms with van der Waals surface area (Å²) < 4.78 is 0. The maximum Gasteiger partial charge on any atom is 0.147 e. The van der Waals surface area contributed by atoms with E-state index in [0.717, 1.165) is 24.8 Å². The Morgan fingerprint density at radius 1 is 1.31 bits per heavy atom. The Kier molecular flexibility index (Phi) is 2.43. The molecule has 0 saturated carbocycles. The molecule has 1 aromatic rings. The van der Waals surface area contributed by atoms with Gasteiger partial charge >= 0.3 is 0 Å². The second-order valence-electron chi connectivity index (χ2n) is 3.73. The van der Waals surface area contributed by atoms with Crippen LogP contribution in [-0.4, -0.2) is 23.1 Å². The lowest BCUT2D eigenvalue weighted by molar-refractivity contribution is 0.436. The molecule has 1 aromatic heterocycles. The third-order valence-electron chi connectivity index (χ3n) is 2.66. The van der Waals surface area contributed by atoms with E-state index in [-0.39, 0.29) is 0 Å². The first-order valence-electron chi connectivity index (χ1n) is 4.87. The van der Waals surface area contributed by atoms with E-state index >= 15 is 0 Å². The summed E-state index contributed by atoms with van der Waals surface area (Å²) in [4.78, 5) is 10.7. The molecule has 70 valence electrons. The van der Waals surface area contributed by atoms with Gasteiger partial charge in [-0.15, -0.1) is 0 Å². The normalized spacial score (nSPS) is 19.0. The molecule has 0 unspecified atom stereocenters. The van der Waals surface area contributed by atoms with Crippen molar-refractivity contribution < 1.29 is 0 Å². The molecule has 2 heterocycles. The predicted molar refractivity (Wildman–Crippen MR) is 52.6 cm³/mol. The van der Waals surface area contributed by atoms with Gasteiger partial charge in [0.25, 0.3) is 0 Å². The highest BCUT2D eigenvalue weighted by atomic mass is 15.2. The molecule has 3 nitrogen and oxygen atoms in total. The molecule has 13 heavy (non-hydrogen) atoms. The standard InChI is InChI=1S/C10H15N3/c1-9-2-6-13(7-3-9)10-8-11-4-5-12-10/h4-5,8-9H,2-3,6-7H2,1H3. The number of hydrogen-bond acceptors (Lipinski definition) is 3. The van der Waals surface area contributed by atoms with E-state index in [4.69, 9.17) is 0 Å². The van der Waals surface area contributed by atoms with Crippen LogP contribution < -0.4 is 4.90 Å². The summed E-state index contributed by atoms with van der Waals surface area (Å²) in [7, 11) is 0. The van der Waals surface area contributed by atoms with Crippen LogP contribution in [0.25, 0.3) is 0 Å². The molecule has 0 atom stereocenters. The maximum absolute atomic E-state index is 4.29. The van der Waals surface area contributed by atoms with Crippen LogP contribution in [0.2, 0.25) is 0 Å². The quantitative estimate of drug-likeness (QED) is 0.654. The monoisotopic (exact) mass is 177 g/mol. The van der Waals surface area contributed by atoms with E-state index in [1.165, 1.54) is 12.8 Å². The largest absolute Gasteiger partial charge is 0.355 e. The van der Waals surface area contributed by atoms with E-state index in [1.807, 2.05) is 6.20 Å². The third kappa shape index (κ3) is 1.97. The van der Waals surface area contributed by atoms with E-state index in [1.54, 1.807) is 12.4 Å². The molecule has 0 spiro atoms. The number of anilines is 1. The minimum atomic E-state index is 0.868. The van der Waals surface area contributed by atoms with Crippen LogP contribution in [0.1, 0.15) is 19.8 Å². The highest BCUT2D eigenvalue weighted by molar-refractivity contribution is 5.35.